The molecule has 0 unspecified atom stereocenters. The van der Waals surface area contributed by atoms with Crippen molar-refractivity contribution < 1.29 is 19.4 Å². The summed E-state index contributed by atoms with van der Waals surface area (Å²) in [5.74, 6) is 0.644. The van der Waals surface area contributed by atoms with Gasteiger partial charge < -0.3 is 19.1 Å². The van der Waals surface area contributed by atoms with E-state index in [-0.39, 0.29) is 5.92 Å². The van der Waals surface area contributed by atoms with E-state index in [1.54, 1.807) is 24.5 Å². The second kappa shape index (κ2) is 13.5. The van der Waals surface area contributed by atoms with Crippen LogP contribution in [0, 0.1) is 5.92 Å². The number of ether oxygens (including phenoxy) is 2. The van der Waals surface area contributed by atoms with Crippen LogP contribution < -0.4 is 4.74 Å². The Hall–Kier alpha value is -4.76. The number of thiazole rings is 1. The first-order chi connectivity index (χ1) is 21.9. The minimum Gasteiger partial charge on any atom is -0.486 e. The Balaban J connectivity index is 1.30. The van der Waals surface area contributed by atoms with Crippen molar-refractivity contribution in [2.75, 3.05) is 7.11 Å². The van der Waals surface area contributed by atoms with Crippen molar-refractivity contribution in [3.63, 3.8) is 0 Å². The molecule has 9 heteroatoms. The molecule has 0 saturated heterocycles. The summed E-state index contributed by atoms with van der Waals surface area (Å²) in [6.07, 6.45) is 7.14. The van der Waals surface area contributed by atoms with Crippen LogP contribution in [0.5, 0.6) is 5.75 Å². The number of allylic oxidation sites excluding steroid dienone is 3. The number of nitrogens with zero attached hydrogens (tertiary/aromatic N) is 4. The molecular formula is C36H36N4O4S. The first-order valence-electron chi connectivity index (χ1n) is 15.1. The van der Waals surface area contributed by atoms with Crippen LogP contribution in [0.3, 0.4) is 0 Å². The summed E-state index contributed by atoms with van der Waals surface area (Å²) in [5, 5.41) is 11.0. The van der Waals surface area contributed by atoms with E-state index in [1.807, 2.05) is 49.4 Å². The fourth-order valence-corrected chi connectivity index (χ4v) is 6.94. The number of imidazole rings is 1. The first-order valence-corrected chi connectivity index (χ1v) is 15.9. The van der Waals surface area contributed by atoms with Gasteiger partial charge in [-0.2, -0.15) is 0 Å². The van der Waals surface area contributed by atoms with Gasteiger partial charge in [0.05, 0.1) is 34.3 Å². The van der Waals surface area contributed by atoms with Crippen LogP contribution in [-0.2, 0) is 22.7 Å². The zero-order chi connectivity index (χ0) is 31.3. The number of benzene rings is 3. The van der Waals surface area contributed by atoms with Crippen LogP contribution in [0.15, 0.2) is 89.8 Å². The Bertz CT molecular complexity index is 1870. The molecule has 45 heavy (non-hydrogen) atoms. The van der Waals surface area contributed by atoms with E-state index in [0.717, 1.165) is 68.0 Å². The predicted octanol–water partition coefficient (Wildman–Crippen LogP) is 8.22. The van der Waals surface area contributed by atoms with Crippen LogP contribution in [-0.4, -0.2) is 39.4 Å². The molecule has 0 bridgehead atoms. The third-order valence-electron chi connectivity index (χ3n) is 8.46. The molecule has 2 atom stereocenters. The second-order valence-corrected chi connectivity index (χ2v) is 12.4. The summed E-state index contributed by atoms with van der Waals surface area (Å²) >= 11 is 1.63. The van der Waals surface area contributed by atoms with Crippen LogP contribution in [0.1, 0.15) is 60.5 Å². The van der Waals surface area contributed by atoms with E-state index < -0.39 is 11.9 Å². The molecule has 3 aromatic carbocycles. The molecule has 0 aliphatic heterocycles. The molecule has 1 saturated carbocycles. The van der Waals surface area contributed by atoms with Gasteiger partial charge in [-0.05, 0) is 67.4 Å². The molecule has 2 heterocycles. The number of aliphatic imine (C=N–C) groups is 1. The molecule has 5 aromatic rings. The predicted molar refractivity (Wildman–Crippen MR) is 180 cm³/mol. The van der Waals surface area contributed by atoms with Gasteiger partial charge in [0, 0.05) is 24.6 Å². The molecule has 1 fully saturated rings. The number of rotatable bonds is 11. The summed E-state index contributed by atoms with van der Waals surface area (Å²) in [6.45, 7) is 6.51. The number of para-hydroxylation sites is 1. The maximum absolute atomic E-state index is 12.3. The average molecular weight is 621 g/mol. The number of aromatic nitrogens is 3. The summed E-state index contributed by atoms with van der Waals surface area (Å²) in [5.41, 5.74) is 5.99. The van der Waals surface area contributed by atoms with Crippen LogP contribution in [0.4, 0.5) is 0 Å². The number of carboxylic acid groups (broad SMARTS) is 1. The van der Waals surface area contributed by atoms with Gasteiger partial charge in [0.1, 0.15) is 23.2 Å². The van der Waals surface area contributed by atoms with E-state index in [9.17, 15) is 9.90 Å². The van der Waals surface area contributed by atoms with Gasteiger partial charge in [-0.1, -0.05) is 55.3 Å². The summed E-state index contributed by atoms with van der Waals surface area (Å²) < 4.78 is 14.7. The largest absolute Gasteiger partial charge is 0.486 e. The number of aliphatic carboxylic acids is 1. The van der Waals surface area contributed by atoms with Crippen molar-refractivity contribution in [2.45, 2.75) is 51.7 Å². The number of fused-ring (bicyclic) bond motifs is 2. The second-order valence-electron chi connectivity index (χ2n) is 11.3. The average Bonchev–Trinajstić information content (AvgIpc) is 3.65. The van der Waals surface area contributed by atoms with Gasteiger partial charge in [-0.15, -0.1) is 11.3 Å². The topological polar surface area (TPSA) is 98.8 Å². The van der Waals surface area contributed by atoms with E-state index in [1.165, 1.54) is 0 Å². The number of methoxy groups -OCH3 is 1. The Kier molecular flexibility index (Phi) is 9.07. The molecule has 0 spiro atoms. The molecule has 0 amide bonds. The van der Waals surface area contributed by atoms with Gasteiger partial charge in [0.2, 0.25) is 5.88 Å². The summed E-state index contributed by atoms with van der Waals surface area (Å²) in [4.78, 5) is 25.9. The van der Waals surface area contributed by atoms with Gasteiger partial charge in [0.25, 0.3) is 0 Å². The third-order valence-corrected chi connectivity index (χ3v) is 9.47. The maximum Gasteiger partial charge on any atom is 0.307 e. The Labute approximate surface area is 266 Å². The van der Waals surface area contributed by atoms with Crippen molar-refractivity contribution in [3.05, 3.63) is 107 Å². The van der Waals surface area contributed by atoms with Crippen LogP contribution in [0.2, 0.25) is 0 Å². The molecule has 8 nitrogen and oxygen atoms in total. The molecule has 1 N–H and O–H groups in total. The van der Waals surface area contributed by atoms with Crippen molar-refractivity contribution in [1.29, 1.82) is 0 Å². The van der Waals surface area contributed by atoms with E-state index in [2.05, 4.69) is 51.6 Å². The Morgan fingerprint density at radius 2 is 1.87 bits per heavy atom. The van der Waals surface area contributed by atoms with Crippen molar-refractivity contribution in [2.24, 2.45) is 10.9 Å². The molecular weight excluding hydrogens is 584 g/mol. The SMILES string of the molecule is C=N/C(=C\C=C(/C)c1ccc(Cn2c([C@H]3CCCC[C@H]3C(=O)O)nc3cc(OCc4nc5ccccc5s4)ccc32)cc1)OC. The standard InChI is InChI=1S/C36H36N4O4S/c1-23(12-19-33(37-2)43-3)25-15-13-24(14-16-25)21-40-31-18-17-26(44-22-34-38-29-10-6-7-11-32(29)45-34)20-30(31)39-35(40)27-8-4-5-9-28(27)36(41)42/h6-7,10-20,27-28H,2,4-5,8-9,21-22H2,1,3H3,(H,41,42)/b23-12+,33-19+/t27-,28+/m0/s1. The van der Waals surface area contributed by atoms with E-state index in [4.69, 9.17) is 14.5 Å². The highest BCUT2D eigenvalue weighted by Crippen LogP contribution is 2.39. The maximum atomic E-state index is 12.3. The van der Waals surface area contributed by atoms with Gasteiger partial charge in [-0.3, -0.25) is 4.79 Å². The number of carboxylic acids is 1. The molecule has 1 aliphatic rings. The summed E-state index contributed by atoms with van der Waals surface area (Å²) in [7, 11) is 1.57. The highest BCUT2D eigenvalue weighted by Gasteiger charge is 2.35. The van der Waals surface area contributed by atoms with Gasteiger partial charge in [0.15, 0.2) is 0 Å². The lowest BCUT2D eigenvalue weighted by molar-refractivity contribution is -0.143. The minimum atomic E-state index is -0.748. The minimum absolute atomic E-state index is 0.152. The lowest BCUT2D eigenvalue weighted by Gasteiger charge is -2.28. The molecule has 1 aliphatic carbocycles. The van der Waals surface area contributed by atoms with Gasteiger partial charge >= 0.3 is 5.97 Å². The lowest BCUT2D eigenvalue weighted by Crippen LogP contribution is -2.27. The zero-order valence-electron chi connectivity index (χ0n) is 25.5. The van der Waals surface area contributed by atoms with Gasteiger partial charge in [-0.25, -0.2) is 15.0 Å². The Morgan fingerprint density at radius 3 is 2.62 bits per heavy atom. The monoisotopic (exact) mass is 620 g/mol. The smallest absolute Gasteiger partial charge is 0.307 e. The Morgan fingerprint density at radius 1 is 1.07 bits per heavy atom. The lowest BCUT2D eigenvalue weighted by atomic mass is 9.78. The molecule has 6 rings (SSSR count). The van der Waals surface area contributed by atoms with Crippen molar-refractivity contribution in [1.82, 2.24) is 14.5 Å². The number of hydrogen-bond donors (Lipinski definition) is 1. The molecule has 2 aromatic heterocycles. The molecule has 230 valence electrons. The van der Waals surface area contributed by atoms with E-state index in [0.29, 0.717) is 31.2 Å². The fraction of sp³-hybridized carbons (Fsp3) is 0.278. The van der Waals surface area contributed by atoms with E-state index >= 15 is 0 Å². The highest BCUT2D eigenvalue weighted by atomic mass is 32.1. The zero-order valence-corrected chi connectivity index (χ0v) is 26.3. The fourth-order valence-electron chi connectivity index (χ4n) is 6.06. The van der Waals surface area contributed by atoms with Crippen LogP contribution in [0.25, 0.3) is 26.8 Å². The normalized spacial score (nSPS) is 17.5. The van der Waals surface area contributed by atoms with Crippen molar-refractivity contribution >= 4 is 50.8 Å². The number of hydrogen-bond acceptors (Lipinski definition) is 7. The van der Waals surface area contributed by atoms with Crippen molar-refractivity contribution in [3.8, 4) is 5.75 Å². The highest BCUT2D eigenvalue weighted by molar-refractivity contribution is 7.18. The quantitative estimate of drug-likeness (QED) is 0.0908. The summed E-state index contributed by atoms with van der Waals surface area (Å²) in [6, 6.07) is 22.4. The van der Waals surface area contributed by atoms with Crippen LogP contribution >= 0.6 is 11.3 Å². The number of carbonyl (C=O) groups is 1. The molecule has 0 radical (unpaired) electrons. The first kappa shape index (κ1) is 30.3. The third kappa shape index (κ3) is 6.68.